The summed E-state index contributed by atoms with van der Waals surface area (Å²) < 4.78 is 10.1. The molecule has 3 rings (SSSR count). The van der Waals surface area contributed by atoms with E-state index in [4.69, 9.17) is 9.47 Å². The Bertz CT molecular complexity index is 791. The maximum atomic E-state index is 13.0. The number of likely N-dealkylation sites (tertiary alicyclic amines) is 1. The molecule has 0 unspecified atom stereocenters. The van der Waals surface area contributed by atoms with Gasteiger partial charge in [-0.25, -0.2) is 9.69 Å². The summed E-state index contributed by atoms with van der Waals surface area (Å²) in [5, 5.41) is 0. The van der Waals surface area contributed by atoms with E-state index in [0.717, 1.165) is 17.7 Å². The first-order chi connectivity index (χ1) is 14.0. The van der Waals surface area contributed by atoms with Gasteiger partial charge in [0, 0.05) is 6.54 Å². The van der Waals surface area contributed by atoms with Crippen molar-refractivity contribution >= 4 is 29.4 Å². The second-order valence-electron chi connectivity index (χ2n) is 7.14. The maximum absolute atomic E-state index is 13.0. The van der Waals surface area contributed by atoms with Gasteiger partial charge < -0.3 is 9.47 Å². The fourth-order valence-electron chi connectivity index (χ4n) is 3.88. The molecule has 0 radical (unpaired) electrons. The number of esters is 2. The van der Waals surface area contributed by atoms with Gasteiger partial charge in [0.15, 0.2) is 0 Å². The summed E-state index contributed by atoms with van der Waals surface area (Å²) in [4.78, 5) is 52.5. The first-order valence-corrected chi connectivity index (χ1v) is 10.0. The Morgan fingerprint density at radius 1 is 1.07 bits per heavy atom. The monoisotopic (exact) mass is 402 g/mol. The van der Waals surface area contributed by atoms with Gasteiger partial charge in [-0.05, 0) is 57.5 Å². The summed E-state index contributed by atoms with van der Waals surface area (Å²) in [6.07, 6.45) is 1.58. The molecule has 0 aromatic heterocycles. The predicted molar refractivity (Wildman–Crippen MR) is 104 cm³/mol. The third-order valence-corrected chi connectivity index (χ3v) is 5.27. The fourth-order valence-corrected chi connectivity index (χ4v) is 3.88. The van der Waals surface area contributed by atoms with Crippen molar-refractivity contribution in [3.8, 4) is 0 Å². The number of hydrogen-bond donors (Lipinski definition) is 0. The zero-order chi connectivity index (χ0) is 21.0. The van der Waals surface area contributed by atoms with Gasteiger partial charge in [-0.1, -0.05) is 0 Å². The molecule has 8 nitrogen and oxygen atoms in total. The minimum atomic E-state index is -0.579. The number of hydrogen-bond acceptors (Lipinski definition) is 7. The van der Waals surface area contributed by atoms with Crippen molar-refractivity contribution in [1.29, 1.82) is 0 Å². The average Bonchev–Trinajstić information content (AvgIpc) is 3.02. The maximum Gasteiger partial charge on any atom is 0.338 e. The van der Waals surface area contributed by atoms with Crippen LogP contribution in [0.5, 0.6) is 0 Å². The predicted octanol–water partition coefficient (Wildman–Crippen LogP) is 1.77. The lowest BCUT2D eigenvalue weighted by atomic mass is 9.96. The molecule has 0 saturated carbocycles. The van der Waals surface area contributed by atoms with Crippen molar-refractivity contribution < 1.29 is 28.7 Å². The Morgan fingerprint density at radius 3 is 2.41 bits per heavy atom. The molecular formula is C21H26N2O6. The highest BCUT2D eigenvalue weighted by Gasteiger charge is 2.44. The lowest BCUT2D eigenvalue weighted by molar-refractivity contribution is -0.150. The molecule has 2 saturated heterocycles. The SMILES string of the molecule is CCOC(=O)c1ccc(N2C(=O)C[C@H](N3CCC[C@@H](C(=O)OCC)C3)C2=O)cc1. The molecular weight excluding hydrogens is 376 g/mol. The van der Waals surface area contributed by atoms with Crippen LogP contribution in [0.1, 0.15) is 43.5 Å². The van der Waals surface area contributed by atoms with E-state index >= 15 is 0 Å². The van der Waals surface area contributed by atoms with E-state index in [1.54, 1.807) is 38.1 Å². The summed E-state index contributed by atoms with van der Waals surface area (Å²) in [7, 11) is 0. The fraction of sp³-hybridized carbons (Fsp3) is 0.524. The number of imide groups is 1. The minimum Gasteiger partial charge on any atom is -0.466 e. The number of benzene rings is 1. The Hall–Kier alpha value is -2.74. The highest BCUT2D eigenvalue weighted by Crippen LogP contribution is 2.29. The first kappa shape index (κ1) is 21.0. The van der Waals surface area contributed by atoms with Crippen LogP contribution in [0.3, 0.4) is 0 Å². The molecule has 2 atom stereocenters. The quantitative estimate of drug-likeness (QED) is 0.529. The van der Waals surface area contributed by atoms with E-state index in [1.807, 2.05) is 4.90 Å². The van der Waals surface area contributed by atoms with E-state index in [2.05, 4.69) is 0 Å². The largest absolute Gasteiger partial charge is 0.466 e. The molecule has 0 bridgehead atoms. The number of carbonyl (C=O) groups is 4. The van der Waals surface area contributed by atoms with E-state index < -0.39 is 12.0 Å². The molecule has 2 aliphatic rings. The molecule has 1 aromatic carbocycles. The zero-order valence-corrected chi connectivity index (χ0v) is 16.8. The highest BCUT2D eigenvalue weighted by molar-refractivity contribution is 6.22. The lowest BCUT2D eigenvalue weighted by Gasteiger charge is -2.34. The van der Waals surface area contributed by atoms with Crippen LogP contribution >= 0.6 is 0 Å². The summed E-state index contributed by atoms with van der Waals surface area (Å²) >= 11 is 0. The number of nitrogens with zero attached hydrogens (tertiary/aromatic N) is 2. The van der Waals surface area contributed by atoms with Crippen molar-refractivity contribution in [1.82, 2.24) is 4.90 Å². The molecule has 2 fully saturated rings. The van der Waals surface area contributed by atoms with Crippen LogP contribution in [0.25, 0.3) is 0 Å². The number of carbonyl (C=O) groups excluding carboxylic acids is 4. The minimum absolute atomic E-state index is 0.0774. The van der Waals surface area contributed by atoms with Crippen molar-refractivity contribution in [3.63, 3.8) is 0 Å². The molecule has 8 heteroatoms. The van der Waals surface area contributed by atoms with Gasteiger partial charge >= 0.3 is 11.9 Å². The Kier molecular flexibility index (Phi) is 6.64. The Labute approximate surface area is 169 Å². The van der Waals surface area contributed by atoms with Gasteiger partial charge in [-0.3, -0.25) is 19.3 Å². The van der Waals surface area contributed by atoms with Crippen LogP contribution in [0.4, 0.5) is 5.69 Å². The van der Waals surface area contributed by atoms with Crippen LogP contribution in [-0.2, 0) is 23.9 Å². The van der Waals surface area contributed by atoms with Crippen LogP contribution < -0.4 is 4.90 Å². The molecule has 1 aromatic rings. The van der Waals surface area contributed by atoms with E-state index in [9.17, 15) is 19.2 Å². The molecule has 0 N–H and O–H groups in total. The van der Waals surface area contributed by atoms with Crippen molar-refractivity contribution in [3.05, 3.63) is 29.8 Å². The molecule has 156 valence electrons. The second-order valence-corrected chi connectivity index (χ2v) is 7.14. The third-order valence-electron chi connectivity index (χ3n) is 5.27. The standard InChI is InChI=1S/C21H26N2O6/c1-3-28-20(26)14-7-9-16(10-8-14)23-18(24)12-17(19(23)25)22-11-5-6-15(13-22)21(27)29-4-2/h7-10,15,17H,3-6,11-13H2,1-2H3/t15-,17+/m1/s1. The van der Waals surface area contributed by atoms with E-state index in [1.165, 1.54) is 0 Å². The third kappa shape index (κ3) is 4.48. The normalized spacial score (nSPS) is 22.6. The van der Waals surface area contributed by atoms with E-state index in [0.29, 0.717) is 30.9 Å². The Morgan fingerprint density at radius 2 is 1.76 bits per heavy atom. The summed E-state index contributed by atoms with van der Waals surface area (Å²) in [6, 6.07) is 5.64. The van der Waals surface area contributed by atoms with Gasteiger partial charge in [0.25, 0.3) is 5.91 Å². The van der Waals surface area contributed by atoms with Crippen LogP contribution in [0, 0.1) is 5.92 Å². The van der Waals surface area contributed by atoms with Crippen LogP contribution in [-0.4, -0.2) is 61.0 Å². The average molecular weight is 402 g/mol. The lowest BCUT2D eigenvalue weighted by Crippen LogP contribution is -2.48. The van der Waals surface area contributed by atoms with Crippen molar-refractivity contribution in [2.24, 2.45) is 5.92 Å². The first-order valence-electron chi connectivity index (χ1n) is 10.0. The van der Waals surface area contributed by atoms with E-state index in [-0.39, 0.29) is 36.7 Å². The van der Waals surface area contributed by atoms with Crippen LogP contribution in [0.15, 0.2) is 24.3 Å². The van der Waals surface area contributed by atoms with Gasteiger partial charge in [0.1, 0.15) is 0 Å². The molecule has 0 aliphatic carbocycles. The van der Waals surface area contributed by atoms with Crippen LogP contribution in [0.2, 0.25) is 0 Å². The molecule has 29 heavy (non-hydrogen) atoms. The van der Waals surface area contributed by atoms with Gasteiger partial charge in [-0.15, -0.1) is 0 Å². The number of ether oxygens (including phenoxy) is 2. The highest BCUT2D eigenvalue weighted by atomic mass is 16.5. The molecule has 2 heterocycles. The van der Waals surface area contributed by atoms with Gasteiger partial charge in [0.2, 0.25) is 5.91 Å². The van der Waals surface area contributed by atoms with Gasteiger partial charge in [-0.2, -0.15) is 0 Å². The summed E-state index contributed by atoms with van der Waals surface area (Å²) in [6.45, 7) is 5.16. The molecule has 0 spiro atoms. The summed E-state index contributed by atoms with van der Waals surface area (Å²) in [5.74, 6) is -1.57. The number of amides is 2. The van der Waals surface area contributed by atoms with Crippen molar-refractivity contribution in [2.75, 3.05) is 31.2 Å². The zero-order valence-electron chi connectivity index (χ0n) is 16.8. The van der Waals surface area contributed by atoms with Crippen molar-refractivity contribution in [2.45, 2.75) is 39.2 Å². The topological polar surface area (TPSA) is 93.2 Å². The summed E-state index contributed by atoms with van der Waals surface area (Å²) in [5.41, 5.74) is 0.786. The van der Waals surface area contributed by atoms with Gasteiger partial charge in [0.05, 0.1) is 42.8 Å². The number of piperidine rings is 1. The number of anilines is 1. The second kappa shape index (κ2) is 9.17. The molecule has 2 aliphatic heterocycles. The Balaban J connectivity index is 1.71. The molecule has 2 amide bonds. The number of rotatable bonds is 6. The smallest absolute Gasteiger partial charge is 0.338 e.